The third kappa shape index (κ3) is 3.94. The molecule has 0 radical (unpaired) electrons. The zero-order valence-electron chi connectivity index (χ0n) is 13.2. The highest BCUT2D eigenvalue weighted by Crippen LogP contribution is 2.16. The van der Waals surface area contributed by atoms with Gasteiger partial charge in [-0.2, -0.15) is 0 Å². The van der Waals surface area contributed by atoms with Crippen molar-refractivity contribution in [3.63, 3.8) is 0 Å². The maximum atomic E-state index is 12.3. The summed E-state index contributed by atoms with van der Waals surface area (Å²) in [5.41, 5.74) is 4.30. The minimum Gasteiger partial charge on any atom is -0.346 e. The quantitative estimate of drug-likeness (QED) is 0.871. The number of hydrogen-bond acceptors (Lipinski definition) is 1. The van der Waals surface area contributed by atoms with Gasteiger partial charge >= 0.3 is 0 Å². The van der Waals surface area contributed by atoms with Crippen LogP contribution in [0.4, 0.5) is 0 Å². The first-order valence-electron chi connectivity index (χ1n) is 7.44. The van der Waals surface area contributed by atoms with Crippen LogP contribution in [0.2, 0.25) is 0 Å². The van der Waals surface area contributed by atoms with E-state index < -0.39 is 0 Å². The summed E-state index contributed by atoms with van der Waals surface area (Å²) in [5.74, 6) is 0.451. The molecule has 0 aliphatic rings. The molecule has 2 nitrogen and oxygen atoms in total. The van der Waals surface area contributed by atoms with Crippen molar-refractivity contribution in [2.45, 2.75) is 39.7 Å². The summed E-state index contributed by atoms with van der Waals surface area (Å²) in [5, 5.41) is 3.04. The van der Waals surface area contributed by atoms with Gasteiger partial charge in [0.2, 0.25) is 0 Å². The van der Waals surface area contributed by atoms with E-state index in [1.807, 2.05) is 31.2 Å². The van der Waals surface area contributed by atoms with Gasteiger partial charge in [-0.3, -0.25) is 4.79 Å². The molecule has 1 N–H and O–H groups in total. The number of aryl methyl sites for hydroxylation is 1. The Morgan fingerprint density at radius 2 is 1.38 bits per heavy atom. The van der Waals surface area contributed by atoms with Gasteiger partial charge in [0.05, 0.1) is 6.04 Å². The standard InChI is InChI=1S/C19H23NO/c1-13(2)16-9-11-18(12-10-16)19(21)20-15(4)17-7-5-14(3)6-8-17/h5-13,15H,1-4H3,(H,20,21)/t15-/m0/s1. The molecule has 1 atom stereocenters. The van der Waals surface area contributed by atoms with Gasteiger partial charge in [-0.1, -0.05) is 55.8 Å². The molecule has 0 fully saturated rings. The second-order valence-electron chi connectivity index (χ2n) is 5.88. The number of carbonyl (C=O) groups excluding carboxylic acids is 1. The van der Waals surface area contributed by atoms with Crippen LogP contribution in [0, 0.1) is 6.92 Å². The summed E-state index contributed by atoms with van der Waals surface area (Å²) < 4.78 is 0. The minimum atomic E-state index is -0.0293. The van der Waals surface area contributed by atoms with E-state index in [0.29, 0.717) is 11.5 Å². The predicted molar refractivity (Wildman–Crippen MR) is 87.6 cm³/mol. The van der Waals surface area contributed by atoms with Crippen LogP contribution < -0.4 is 5.32 Å². The van der Waals surface area contributed by atoms with Crippen molar-refractivity contribution in [1.82, 2.24) is 5.32 Å². The molecule has 0 aromatic heterocycles. The summed E-state index contributed by atoms with van der Waals surface area (Å²) in [4.78, 5) is 12.3. The van der Waals surface area contributed by atoms with Gasteiger partial charge in [-0.15, -0.1) is 0 Å². The van der Waals surface area contributed by atoms with E-state index in [1.165, 1.54) is 11.1 Å². The Morgan fingerprint density at radius 1 is 0.857 bits per heavy atom. The van der Waals surface area contributed by atoms with E-state index in [0.717, 1.165) is 5.56 Å². The van der Waals surface area contributed by atoms with Crippen LogP contribution in [0.3, 0.4) is 0 Å². The normalized spacial score (nSPS) is 12.2. The van der Waals surface area contributed by atoms with Crippen molar-refractivity contribution < 1.29 is 4.79 Å². The molecule has 110 valence electrons. The first kappa shape index (κ1) is 15.3. The molecule has 0 unspecified atom stereocenters. The number of nitrogens with one attached hydrogen (secondary N) is 1. The molecule has 0 spiro atoms. The maximum Gasteiger partial charge on any atom is 0.251 e. The molecule has 0 heterocycles. The van der Waals surface area contributed by atoms with Crippen LogP contribution in [0.25, 0.3) is 0 Å². The summed E-state index contributed by atoms with van der Waals surface area (Å²) in [6.45, 7) is 8.36. The highest BCUT2D eigenvalue weighted by atomic mass is 16.1. The monoisotopic (exact) mass is 281 g/mol. The lowest BCUT2D eigenvalue weighted by Crippen LogP contribution is -2.26. The largest absolute Gasteiger partial charge is 0.346 e. The molecular weight excluding hydrogens is 258 g/mol. The molecule has 0 aliphatic heterocycles. The lowest BCUT2D eigenvalue weighted by Gasteiger charge is -2.15. The van der Waals surface area contributed by atoms with Gasteiger partial charge in [-0.25, -0.2) is 0 Å². The predicted octanol–water partition coefficient (Wildman–Crippen LogP) is 4.61. The summed E-state index contributed by atoms with van der Waals surface area (Å²) in [7, 11) is 0. The third-order valence-corrected chi connectivity index (χ3v) is 3.76. The Bertz CT molecular complexity index is 596. The van der Waals surface area contributed by atoms with Crippen LogP contribution in [0.1, 0.15) is 59.8 Å². The third-order valence-electron chi connectivity index (χ3n) is 3.76. The summed E-state index contributed by atoms with van der Waals surface area (Å²) >= 11 is 0. The first-order chi connectivity index (χ1) is 9.97. The molecular formula is C19H23NO. The minimum absolute atomic E-state index is 0.00266. The lowest BCUT2D eigenvalue weighted by molar-refractivity contribution is 0.0940. The van der Waals surface area contributed by atoms with Crippen molar-refractivity contribution in [1.29, 1.82) is 0 Å². The van der Waals surface area contributed by atoms with Gasteiger partial charge in [0.15, 0.2) is 0 Å². The fraction of sp³-hybridized carbons (Fsp3) is 0.316. The van der Waals surface area contributed by atoms with Gasteiger partial charge < -0.3 is 5.32 Å². The van der Waals surface area contributed by atoms with E-state index in [-0.39, 0.29) is 11.9 Å². The molecule has 2 aromatic carbocycles. The number of rotatable bonds is 4. The Hall–Kier alpha value is -2.09. The second kappa shape index (κ2) is 6.57. The number of carbonyl (C=O) groups is 1. The van der Waals surface area contributed by atoms with Crippen molar-refractivity contribution in [2.75, 3.05) is 0 Å². The smallest absolute Gasteiger partial charge is 0.251 e. The zero-order valence-corrected chi connectivity index (χ0v) is 13.2. The summed E-state index contributed by atoms with van der Waals surface area (Å²) in [6.07, 6.45) is 0. The number of amides is 1. The molecule has 1 amide bonds. The van der Waals surface area contributed by atoms with E-state index in [1.54, 1.807) is 0 Å². The zero-order chi connectivity index (χ0) is 15.4. The highest BCUT2D eigenvalue weighted by molar-refractivity contribution is 5.94. The first-order valence-corrected chi connectivity index (χ1v) is 7.44. The average Bonchev–Trinajstić information content (AvgIpc) is 2.47. The topological polar surface area (TPSA) is 29.1 Å². The van der Waals surface area contributed by atoms with Gasteiger partial charge in [-0.05, 0) is 43.0 Å². The lowest BCUT2D eigenvalue weighted by atomic mass is 10.0. The van der Waals surface area contributed by atoms with Crippen molar-refractivity contribution in [3.05, 3.63) is 70.8 Å². The van der Waals surface area contributed by atoms with Crippen molar-refractivity contribution in [2.24, 2.45) is 0 Å². The van der Waals surface area contributed by atoms with Crippen LogP contribution in [-0.4, -0.2) is 5.91 Å². The highest BCUT2D eigenvalue weighted by Gasteiger charge is 2.11. The summed E-state index contributed by atoms with van der Waals surface area (Å²) in [6, 6.07) is 16.1. The fourth-order valence-corrected chi connectivity index (χ4v) is 2.24. The van der Waals surface area contributed by atoms with E-state index in [9.17, 15) is 4.79 Å². The van der Waals surface area contributed by atoms with Crippen molar-refractivity contribution >= 4 is 5.91 Å². The van der Waals surface area contributed by atoms with E-state index >= 15 is 0 Å². The Kier molecular flexibility index (Phi) is 4.79. The fourth-order valence-electron chi connectivity index (χ4n) is 2.24. The molecule has 21 heavy (non-hydrogen) atoms. The van der Waals surface area contributed by atoms with E-state index in [4.69, 9.17) is 0 Å². The molecule has 0 bridgehead atoms. The maximum absolute atomic E-state index is 12.3. The second-order valence-corrected chi connectivity index (χ2v) is 5.88. The van der Waals surface area contributed by atoms with E-state index in [2.05, 4.69) is 50.4 Å². The Morgan fingerprint density at radius 3 is 1.90 bits per heavy atom. The van der Waals surface area contributed by atoms with Crippen molar-refractivity contribution in [3.8, 4) is 0 Å². The van der Waals surface area contributed by atoms with Crippen LogP contribution in [0.5, 0.6) is 0 Å². The van der Waals surface area contributed by atoms with Gasteiger partial charge in [0.25, 0.3) is 5.91 Å². The molecule has 0 aliphatic carbocycles. The Balaban J connectivity index is 2.05. The molecule has 2 heteroatoms. The van der Waals surface area contributed by atoms with Crippen LogP contribution in [0.15, 0.2) is 48.5 Å². The van der Waals surface area contributed by atoms with Gasteiger partial charge in [0, 0.05) is 5.56 Å². The SMILES string of the molecule is Cc1ccc([C@H](C)NC(=O)c2ccc(C(C)C)cc2)cc1. The van der Waals surface area contributed by atoms with Crippen LogP contribution in [-0.2, 0) is 0 Å². The number of hydrogen-bond donors (Lipinski definition) is 1. The molecule has 2 aromatic rings. The van der Waals surface area contributed by atoms with Gasteiger partial charge in [0.1, 0.15) is 0 Å². The molecule has 0 saturated carbocycles. The molecule has 0 saturated heterocycles. The average molecular weight is 281 g/mol. The number of benzene rings is 2. The molecule has 2 rings (SSSR count). The Labute approximate surface area is 127 Å². The van der Waals surface area contributed by atoms with Crippen LogP contribution >= 0.6 is 0 Å².